The number of aliphatic imine (C=N–C) groups is 1. The highest BCUT2D eigenvalue weighted by molar-refractivity contribution is 5.92. The summed E-state index contributed by atoms with van der Waals surface area (Å²) in [6.45, 7) is 6.62. The van der Waals surface area contributed by atoms with Crippen molar-refractivity contribution in [2.24, 2.45) is 4.99 Å². The number of aromatic amines is 2. The molecular weight excluding hydrogens is 933 g/mol. The Morgan fingerprint density at radius 2 is 1.32 bits per heavy atom. The molecule has 3 aliphatic rings. The fourth-order valence-electron chi connectivity index (χ4n) is 9.41. The molecule has 22 nitrogen and oxygen atoms in total. The van der Waals surface area contributed by atoms with E-state index in [0.29, 0.717) is 55.2 Å². The number of alkyl carbamates (subject to hydrolysis) is 2. The molecule has 72 heavy (non-hydrogen) atoms. The number of nitrogens with one attached hydrogen (secondary N) is 7. The lowest BCUT2D eigenvalue weighted by Crippen LogP contribution is -2.47. The zero-order valence-corrected chi connectivity index (χ0v) is 41.5. The van der Waals surface area contributed by atoms with E-state index < -0.39 is 37.2 Å². The average Bonchev–Trinajstić information content (AvgIpc) is 4.17. The number of amides is 4. The van der Waals surface area contributed by atoms with Crippen LogP contribution < -0.4 is 44.9 Å². The Balaban J connectivity index is 1.02. The van der Waals surface area contributed by atoms with Gasteiger partial charge in [0.05, 0.1) is 43.1 Å². The second-order valence-corrected chi connectivity index (χ2v) is 19.0. The Hall–Kier alpha value is -7.52. The summed E-state index contributed by atoms with van der Waals surface area (Å²) in [6.07, 6.45) is 8.07. The molecule has 6 atom stereocenters. The van der Waals surface area contributed by atoms with Crippen LogP contribution in [0.5, 0.6) is 34.5 Å². The quantitative estimate of drug-likeness (QED) is 0.0332. The number of methoxy groups -OCH3 is 2. The van der Waals surface area contributed by atoms with Crippen LogP contribution in [0.25, 0.3) is 0 Å². The number of hydrogen-bond donors (Lipinski definition) is 9. The third kappa shape index (κ3) is 13.9. The third-order valence-corrected chi connectivity index (χ3v) is 12.9. The molecule has 2 aromatic heterocycles. The summed E-state index contributed by atoms with van der Waals surface area (Å²) in [5.74, 6) is 0.405. The molecular formula is C50H67N10O12+. The van der Waals surface area contributed by atoms with Gasteiger partial charge in [0.15, 0.2) is 19.0 Å². The number of anilines is 2. The predicted molar refractivity (Wildman–Crippen MR) is 264 cm³/mol. The van der Waals surface area contributed by atoms with E-state index in [1.807, 2.05) is 38.4 Å². The molecule has 9 N–H and O–H groups in total. The molecule has 2 heterocycles. The van der Waals surface area contributed by atoms with Crippen LogP contribution in [-0.4, -0.2) is 120 Å². The molecule has 4 amide bonds. The lowest BCUT2D eigenvalue weighted by atomic mass is 9.91. The fourth-order valence-corrected chi connectivity index (χ4v) is 9.41. The summed E-state index contributed by atoms with van der Waals surface area (Å²) < 4.78 is 35.6. The van der Waals surface area contributed by atoms with Crippen LogP contribution in [0.15, 0.2) is 41.4 Å². The molecule has 4 aromatic rings. The zero-order chi connectivity index (χ0) is 51.5. The van der Waals surface area contributed by atoms with E-state index >= 15 is 0 Å². The zero-order valence-electron chi connectivity index (χ0n) is 41.5. The number of aromatic hydroxyl groups is 2. The number of benzene rings is 2. The molecule has 7 rings (SSSR count). The van der Waals surface area contributed by atoms with Crippen molar-refractivity contribution < 1.29 is 62.5 Å². The van der Waals surface area contributed by atoms with Crippen LogP contribution in [-0.2, 0) is 19.1 Å². The van der Waals surface area contributed by atoms with Gasteiger partial charge < -0.3 is 60.0 Å². The first-order valence-corrected chi connectivity index (χ1v) is 24.4. The molecule has 3 saturated carbocycles. The Morgan fingerprint density at radius 1 is 0.750 bits per heavy atom. The SMILES string of the molecule is COc1cc(O)c(C=NC2CCCC([n+]3[nH]c(C4CCC(OC(=O)NC(C)C)C4)cc3NC(=O)COc3cc(OC)cc(O)c3C=N)C2)c(OCC(=O)Nc2cc(C3CCC(OC(=O)NC(C)C)C3)[nH]n2)c1. The molecule has 0 spiro atoms. The van der Waals surface area contributed by atoms with Gasteiger partial charge in [-0.05, 0) is 85.5 Å². The van der Waals surface area contributed by atoms with E-state index in [2.05, 4.69) is 36.6 Å². The summed E-state index contributed by atoms with van der Waals surface area (Å²) >= 11 is 0. The van der Waals surface area contributed by atoms with E-state index in [4.69, 9.17) is 38.8 Å². The molecule has 0 aliphatic heterocycles. The van der Waals surface area contributed by atoms with Gasteiger partial charge in [0.25, 0.3) is 5.91 Å². The minimum atomic E-state index is -0.490. The number of carbonyl (C=O) groups excluding carboxylic acids is 4. The van der Waals surface area contributed by atoms with E-state index in [0.717, 1.165) is 49.7 Å². The number of carbonyl (C=O) groups is 4. The number of aromatic nitrogens is 4. The van der Waals surface area contributed by atoms with Crippen LogP contribution in [0, 0.1) is 5.41 Å². The van der Waals surface area contributed by atoms with Crippen molar-refractivity contribution in [1.29, 1.82) is 5.41 Å². The van der Waals surface area contributed by atoms with Crippen molar-refractivity contribution in [3.05, 3.63) is 58.9 Å². The normalized spacial score (nSPS) is 20.8. The first-order valence-electron chi connectivity index (χ1n) is 24.4. The smallest absolute Gasteiger partial charge is 0.407 e. The molecule has 6 unspecified atom stereocenters. The van der Waals surface area contributed by atoms with E-state index in [1.54, 1.807) is 12.1 Å². The number of H-pyrrole nitrogens is 2. The molecule has 0 bridgehead atoms. The first kappa shape index (κ1) is 52.3. The highest BCUT2D eigenvalue weighted by atomic mass is 16.6. The first-order chi connectivity index (χ1) is 34.6. The van der Waals surface area contributed by atoms with Gasteiger partial charge in [-0.25, -0.2) is 24.8 Å². The molecule has 2 aromatic carbocycles. The number of ether oxygens (including phenoxy) is 6. The highest BCUT2D eigenvalue weighted by Crippen LogP contribution is 2.39. The van der Waals surface area contributed by atoms with Gasteiger partial charge in [0, 0.05) is 78.8 Å². The molecule has 3 fully saturated rings. The lowest BCUT2D eigenvalue weighted by Gasteiger charge is -2.25. The van der Waals surface area contributed by atoms with Crippen LogP contribution in [0.4, 0.5) is 21.2 Å². The summed E-state index contributed by atoms with van der Waals surface area (Å²) in [6, 6.07) is 9.04. The van der Waals surface area contributed by atoms with Crippen molar-refractivity contribution in [1.82, 2.24) is 25.9 Å². The van der Waals surface area contributed by atoms with Crippen molar-refractivity contribution >= 4 is 48.1 Å². The van der Waals surface area contributed by atoms with Gasteiger partial charge in [0.2, 0.25) is 0 Å². The average molecular weight is 1000 g/mol. The van der Waals surface area contributed by atoms with Crippen molar-refractivity contribution in [3.63, 3.8) is 0 Å². The van der Waals surface area contributed by atoms with Gasteiger partial charge in [-0.2, -0.15) is 9.78 Å². The van der Waals surface area contributed by atoms with Crippen molar-refractivity contribution in [2.45, 2.75) is 140 Å². The Kier molecular flexibility index (Phi) is 17.5. The Bertz CT molecular complexity index is 2590. The maximum atomic E-state index is 13.6. The third-order valence-electron chi connectivity index (χ3n) is 12.9. The van der Waals surface area contributed by atoms with Crippen LogP contribution in [0.3, 0.4) is 0 Å². The Morgan fingerprint density at radius 3 is 1.90 bits per heavy atom. The summed E-state index contributed by atoms with van der Waals surface area (Å²) in [5.41, 5.74) is 2.03. The van der Waals surface area contributed by atoms with Crippen LogP contribution in [0.2, 0.25) is 0 Å². The number of nitrogens with zero attached hydrogens (tertiary/aromatic N) is 3. The minimum Gasteiger partial charge on any atom is -0.507 e. The second-order valence-electron chi connectivity index (χ2n) is 19.0. The molecule has 22 heteroatoms. The maximum Gasteiger partial charge on any atom is 0.407 e. The summed E-state index contributed by atoms with van der Waals surface area (Å²) in [5, 5.41) is 51.4. The van der Waals surface area contributed by atoms with Crippen LogP contribution in [0.1, 0.15) is 132 Å². The molecule has 0 saturated heterocycles. The Labute approximate surface area is 417 Å². The lowest BCUT2D eigenvalue weighted by molar-refractivity contribution is -0.764. The number of rotatable bonds is 20. The van der Waals surface area contributed by atoms with E-state index in [-0.39, 0.29) is 82.3 Å². The molecule has 388 valence electrons. The van der Waals surface area contributed by atoms with E-state index in [1.165, 1.54) is 38.6 Å². The minimum absolute atomic E-state index is 0.00879. The molecule has 3 aliphatic carbocycles. The van der Waals surface area contributed by atoms with Gasteiger partial charge >= 0.3 is 23.9 Å². The monoisotopic (exact) mass is 999 g/mol. The van der Waals surface area contributed by atoms with Crippen molar-refractivity contribution in [3.8, 4) is 34.5 Å². The number of phenols is 2. The fraction of sp³-hybridized carbons (Fsp3) is 0.520. The predicted octanol–water partition coefficient (Wildman–Crippen LogP) is 6.63. The maximum absolute atomic E-state index is 13.6. The van der Waals surface area contributed by atoms with Gasteiger partial charge in [-0.3, -0.25) is 14.9 Å². The largest absolute Gasteiger partial charge is 0.507 e. The topological polar surface area (TPSA) is 297 Å². The van der Waals surface area contributed by atoms with Gasteiger partial charge in [0.1, 0.15) is 52.7 Å². The van der Waals surface area contributed by atoms with Gasteiger partial charge in [-0.15, -0.1) is 0 Å². The standard InChI is InChI=1S/C50H66N10O12/c1-27(2)53-49(65)71-33-12-10-29(14-33)39-21-45(58-57-39)55-47(63)25-70-44-20-36(68-6)18-42(62)38(44)24-52-31-8-7-9-32(16-31)60-46(22-40(59-60)30-11-13-34(15-30)72-50(66)54-28(3)4)56-48(64)26-69-43-19-35(67-5)17-41(61)37(43)23-51/h17-24,27-34H,7-16,25-26H2,1-6H3,(H8,51,52,53,54,55,56,57,58,59,61,62,63,64,65,66)/p+1. The number of hydrogen-bond acceptors (Lipinski definition) is 15. The number of phenolic OH excluding ortho intramolecular Hbond substituents is 2. The summed E-state index contributed by atoms with van der Waals surface area (Å²) in [7, 11) is 2.88. The van der Waals surface area contributed by atoms with Gasteiger partial charge in [-0.1, -0.05) is 0 Å². The van der Waals surface area contributed by atoms with Crippen molar-refractivity contribution in [2.75, 3.05) is 38.1 Å². The van der Waals surface area contributed by atoms with Crippen LogP contribution >= 0.6 is 0 Å². The summed E-state index contributed by atoms with van der Waals surface area (Å²) in [4.78, 5) is 56.2. The molecule has 0 radical (unpaired) electrons. The second kappa shape index (κ2) is 24.1. The van der Waals surface area contributed by atoms with E-state index in [9.17, 15) is 29.4 Å². The highest BCUT2D eigenvalue weighted by Gasteiger charge is 2.36.